The van der Waals surface area contributed by atoms with Crippen LogP contribution in [0.15, 0.2) is 77.9 Å². The van der Waals surface area contributed by atoms with Crippen molar-refractivity contribution in [2.24, 2.45) is 5.10 Å². The molecular formula is C22H17ClFN3O2. The van der Waals surface area contributed by atoms with E-state index in [1.807, 2.05) is 0 Å². The normalized spacial score (nSPS) is 11.1. The maximum absolute atomic E-state index is 12.9. The zero-order valence-electron chi connectivity index (χ0n) is 15.4. The Hall–Kier alpha value is -3.51. The minimum absolute atomic E-state index is 0.288. The molecule has 0 spiro atoms. The van der Waals surface area contributed by atoms with E-state index in [1.165, 1.54) is 24.3 Å². The van der Waals surface area contributed by atoms with Crippen molar-refractivity contribution >= 4 is 34.8 Å². The Balaban J connectivity index is 1.69. The summed E-state index contributed by atoms with van der Waals surface area (Å²) in [5, 5.41) is 7.36. The van der Waals surface area contributed by atoms with Crippen LogP contribution in [-0.4, -0.2) is 17.5 Å². The number of hydrazone groups is 1. The Labute approximate surface area is 172 Å². The molecule has 0 aliphatic carbocycles. The van der Waals surface area contributed by atoms with E-state index in [0.717, 1.165) is 0 Å². The highest BCUT2D eigenvalue weighted by molar-refractivity contribution is 6.31. The van der Waals surface area contributed by atoms with Crippen molar-refractivity contribution in [3.05, 3.63) is 100 Å². The molecule has 0 unspecified atom stereocenters. The van der Waals surface area contributed by atoms with E-state index in [0.29, 0.717) is 33.1 Å². The van der Waals surface area contributed by atoms with Gasteiger partial charge in [0.2, 0.25) is 0 Å². The van der Waals surface area contributed by atoms with Crippen LogP contribution in [0.4, 0.5) is 10.1 Å². The topological polar surface area (TPSA) is 70.6 Å². The van der Waals surface area contributed by atoms with E-state index < -0.39 is 11.7 Å². The summed E-state index contributed by atoms with van der Waals surface area (Å²) >= 11 is 5.92. The van der Waals surface area contributed by atoms with E-state index in [4.69, 9.17) is 11.6 Å². The molecule has 5 nitrogen and oxygen atoms in total. The van der Waals surface area contributed by atoms with Gasteiger partial charge >= 0.3 is 0 Å². The van der Waals surface area contributed by atoms with Gasteiger partial charge in [-0.1, -0.05) is 29.8 Å². The molecule has 0 saturated carbocycles. The fourth-order valence-electron chi connectivity index (χ4n) is 2.52. The zero-order valence-corrected chi connectivity index (χ0v) is 16.2. The third-order valence-electron chi connectivity index (χ3n) is 4.06. The van der Waals surface area contributed by atoms with Gasteiger partial charge in [-0.15, -0.1) is 0 Å². The van der Waals surface area contributed by atoms with Crippen LogP contribution < -0.4 is 10.7 Å². The molecule has 0 fully saturated rings. The van der Waals surface area contributed by atoms with E-state index in [9.17, 15) is 14.0 Å². The van der Waals surface area contributed by atoms with Crippen LogP contribution in [0.2, 0.25) is 5.02 Å². The monoisotopic (exact) mass is 409 g/mol. The summed E-state index contributed by atoms with van der Waals surface area (Å²) < 4.78 is 12.9. The molecule has 0 atom stereocenters. The fraction of sp³-hybridized carbons (Fsp3) is 0.0455. The summed E-state index contributed by atoms with van der Waals surface area (Å²) in [5.74, 6) is -1.16. The first-order chi connectivity index (χ1) is 13.9. The standard InChI is InChI=1S/C22H17ClFN3O2/c1-14(26-27-22(29)15-8-10-19(24)11-9-15)16-4-3-7-20(13-16)25-21(28)17-5-2-6-18(23)12-17/h2-13H,1H3,(H,25,28)(H,27,29)/b26-14-. The highest BCUT2D eigenvalue weighted by Gasteiger charge is 2.08. The molecule has 2 amide bonds. The van der Waals surface area contributed by atoms with Crippen LogP contribution in [0.5, 0.6) is 0 Å². The lowest BCUT2D eigenvalue weighted by Crippen LogP contribution is -2.19. The van der Waals surface area contributed by atoms with Crippen LogP contribution in [0.1, 0.15) is 33.2 Å². The number of rotatable bonds is 5. The molecule has 2 N–H and O–H groups in total. The van der Waals surface area contributed by atoms with Crippen LogP contribution in [-0.2, 0) is 0 Å². The Bertz CT molecular complexity index is 1080. The number of carbonyl (C=O) groups is 2. The largest absolute Gasteiger partial charge is 0.322 e. The molecule has 146 valence electrons. The van der Waals surface area contributed by atoms with Crippen molar-refractivity contribution in [3.63, 3.8) is 0 Å². The lowest BCUT2D eigenvalue weighted by atomic mass is 10.1. The molecule has 7 heteroatoms. The Morgan fingerprint density at radius 3 is 2.28 bits per heavy atom. The van der Waals surface area contributed by atoms with Gasteiger partial charge in [-0.2, -0.15) is 5.10 Å². The molecule has 3 rings (SSSR count). The average Bonchev–Trinajstić information content (AvgIpc) is 2.72. The van der Waals surface area contributed by atoms with Crippen molar-refractivity contribution in [2.45, 2.75) is 6.92 Å². The summed E-state index contributed by atoms with van der Waals surface area (Å²) in [7, 11) is 0. The number of halogens is 2. The van der Waals surface area contributed by atoms with Gasteiger partial charge in [0, 0.05) is 21.8 Å². The summed E-state index contributed by atoms with van der Waals surface area (Å²) in [4.78, 5) is 24.4. The minimum Gasteiger partial charge on any atom is -0.322 e. The van der Waals surface area contributed by atoms with E-state index in [-0.39, 0.29) is 5.91 Å². The number of anilines is 1. The molecule has 0 heterocycles. The molecule has 0 aliphatic rings. The van der Waals surface area contributed by atoms with Crippen LogP contribution in [0.25, 0.3) is 0 Å². The summed E-state index contributed by atoms with van der Waals surface area (Å²) in [5.41, 5.74) is 5.01. The minimum atomic E-state index is -0.449. The Kier molecular flexibility index (Phi) is 6.36. The van der Waals surface area contributed by atoms with Crippen LogP contribution in [0.3, 0.4) is 0 Å². The number of benzene rings is 3. The third-order valence-corrected chi connectivity index (χ3v) is 4.29. The van der Waals surface area contributed by atoms with Gasteiger partial charge in [-0.05, 0) is 67.1 Å². The number of nitrogens with one attached hydrogen (secondary N) is 2. The number of hydrogen-bond acceptors (Lipinski definition) is 3. The zero-order chi connectivity index (χ0) is 20.8. The first-order valence-electron chi connectivity index (χ1n) is 8.70. The van der Waals surface area contributed by atoms with E-state index >= 15 is 0 Å². The second-order valence-corrected chi connectivity index (χ2v) is 6.63. The van der Waals surface area contributed by atoms with Gasteiger partial charge in [-0.3, -0.25) is 9.59 Å². The summed E-state index contributed by atoms with van der Waals surface area (Å²) in [6.07, 6.45) is 0. The highest BCUT2D eigenvalue weighted by Crippen LogP contribution is 2.15. The number of nitrogens with zero attached hydrogens (tertiary/aromatic N) is 1. The highest BCUT2D eigenvalue weighted by atomic mass is 35.5. The molecule has 0 bridgehead atoms. The second kappa shape index (κ2) is 9.12. The molecule has 0 aromatic heterocycles. The molecular weight excluding hydrogens is 393 g/mol. The number of amides is 2. The van der Waals surface area contributed by atoms with Crippen molar-refractivity contribution in [2.75, 3.05) is 5.32 Å². The van der Waals surface area contributed by atoms with Crippen molar-refractivity contribution in [3.8, 4) is 0 Å². The summed E-state index contributed by atoms with van der Waals surface area (Å²) in [6, 6.07) is 18.9. The molecule has 29 heavy (non-hydrogen) atoms. The number of carbonyl (C=O) groups excluding carboxylic acids is 2. The fourth-order valence-corrected chi connectivity index (χ4v) is 2.71. The Morgan fingerprint density at radius 2 is 1.55 bits per heavy atom. The first kappa shape index (κ1) is 20.2. The smallest absolute Gasteiger partial charge is 0.271 e. The van der Waals surface area contributed by atoms with Crippen molar-refractivity contribution in [1.82, 2.24) is 5.43 Å². The van der Waals surface area contributed by atoms with Gasteiger partial charge in [0.15, 0.2) is 0 Å². The maximum Gasteiger partial charge on any atom is 0.271 e. The Morgan fingerprint density at radius 1 is 0.862 bits per heavy atom. The first-order valence-corrected chi connectivity index (χ1v) is 9.08. The van der Waals surface area contributed by atoms with Gasteiger partial charge in [0.05, 0.1) is 5.71 Å². The third kappa shape index (κ3) is 5.49. The molecule has 0 aliphatic heterocycles. The summed E-state index contributed by atoms with van der Waals surface area (Å²) in [6.45, 7) is 1.73. The second-order valence-electron chi connectivity index (χ2n) is 6.19. The lowest BCUT2D eigenvalue weighted by molar-refractivity contribution is 0.0954. The molecule has 3 aromatic rings. The van der Waals surface area contributed by atoms with Gasteiger partial charge < -0.3 is 5.32 Å². The predicted molar refractivity (Wildman–Crippen MR) is 112 cm³/mol. The van der Waals surface area contributed by atoms with Gasteiger partial charge in [0.25, 0.3) is 11.8 Å². The van der Waals surface area contributed by atoms with E-state index in [2.05, 4.69) is 15.8 Å². The van der Waals surface area contributed by atoms with Crippen LogP contribution >= 0.6 is 11.6 Å². The average molecular weight is 410 g/mol. The van der Waals surface area contributed by atoms with Crippen molar-refractivity contribution < 1.29 is 14.0 Å². The lowest BCUT2D eigenvalue weighted by Gasteiger charge is -2.08. The van der Waals surface area contributed by atoms with Gasteiger partial charge in [-0.25, -0.2) is 9.82 Å². The van der Waals surface area contributed by atoms with E-state index in [1.54, 1.807) is 55.5 Å². The van der Waals surface area contributed by atoms with Gasteiger partial charge in [0.1, 0.15) is 5.82 Å². The number of hydrogen-bond donors (Lipinski definition) is 2. The molecule has 0 radical (unpaired) electrons. The molecule has 3 aromatic carbocycles. The van der Waals surface area contributed by atoms with Crippen molar-refractivity contribution in [1.29, 1.82) is 0 Å². The SMILES string of the molecule is C/C(=N/NC(=O)c1ccc(F)cc1)c1cccc(NC(=O)c2cccc(Cl)c2)c1. The molecule has 0 saturated heterocycles. The maximum atomic E-state index is 12.9. The quantitative estimate of drug-likeness (QED) is 0.465. The van der Waals surface area contributed by atoms with Crippen LogP contribution in [0, 0.1) is 5.82 Å². The predicted octanol–water partition coefficient (Wildman–Crippen LogP) is 4.89.